The van der Waals surface area contributed by atoms with E-state index in [2.05, 4.69) is 11.2 Å². The first-order valence-electron chi connectivity index (χ1n) is 7.79. The number of benzene rings is 2. The summed E-state index contributed by atoms with van der Waals surface area (Å²) >= 11 is 0. The molecule has 1 aliphatic rings. The molecule has 1 heterocycles. The maximum Gasteiger partial charge on any atom is 0.133 e. The third-order valence-electron chi connectivity index (χ3n) is 4.33. The number of anilines is 1. The van der Waals surface area contributed by atoms with Gasteiger partial charge in [0, 0.05) is 11.5 Å². The van der Waals surface area contributed by atoms with Crippen LogP contribution in [0, 0.1) is 34.4 Å². The van der Waals surface area contributed by atoms with E-state index in [1.54, 1.807) is 41.4 Å². The highest BCUT2D eigenvalue weighted by Crippen LogP contribution is 2.33. The average Bonchev–Trinajstić information content (AvgIpc) is 2.93. The van der Waals surface area contributed by atoms with E-state index in [1.807, 2.05) is 13.0 Å². The maximum atomic E-state index is 14.4. The van der Waals surface area contributed by atoms with Crippen LogP contribution in [0.15, 0.2) is 47.6 Å². The van der Waals surface area contributed by atoms with Crippen LogP contribution in [-0.2, 0) is 0 Å². The minimum atomic E-state index is -0.507. The fraction of sp³-hybridized carbons (Fsp3) is 0.211. The van der Waals surface area contributed by atoms with Gasteiger partial charge in [-0.05, 0) is 42.5 Å². The van der Waals surface area contributed by atoms with E-state index in [-0.39, 0.29) is 29.7 Å². The van der Waals surface area contributed by atoms with Gasteiger partial charge < -0.3 is 5.11 Å². The topological polar surface area (TPSA) is 83.4 Å². The van der Waals surface area contributed by atoms with Crippen LogP contribution in [0.5, 0.6) is 5.75 Å². The van der Waals surface area contributed by atoms with E-state index in [4.69, 9.17) is 10.5 Å². The van der Waals surface area contributed by atoms with E-state index in [9.17, 15) is 9.50 Å². The van der Waals surface area contributed by atoms with Crippen molar-refractivity contribution in [3.05, 3.63) is 59.4 Å². The Morgan fingerprint density at radius 1 is 1.20 bits per heavy atom. The van der Waals surface area contributed by atoms with E-state index >= 15 is 0 Å². The zero-order valence-corrected chi connectivity index (χ0v) is 13.5. The third kappa shape index (κ3) is 3.02. The summed E-state index contributed by atoms with van der Waals surface area (Å²) in [4.78, 5) is 0. The SMILES string of the molecule is C[C@@H]1C(c2ccc(C#N)cc2F)=NN(c2ccc(O)cc2)[C@H]1CC#N. The molecular weight excluding hydrogens is 319 g/mol. The number of nitriles is 2. The molecule has 0 radical (unpaired) electrons. The fourth-order valence-electron chi connectivity index (χ4n) is 2.98. The van der Waals surface area contributed by atoms with Crippen molar-refractivity contribution < 1.29 is 9.50 Å². The number of hydrogen-bond donors (Lipinski definition) is 1. The highest BCUT2D eigenvalue weighted by atomic mass is 19.1. The Kier molecular flexibility index (Phi) is 4.36. The largest absolute Gasteiger partial charge is 0.508 e. The zero-order chi connectivity index (χ0) is 18.0. The van der Waals surface area contributed by atoms with Gasteiger partial charge in [0.1, 0.15) is 11.6 Å². The van der Waals surface area contributed by atoms with Crippen LogP contribution in [0.25, 0.3) is 0 Å². The fourth-order valence-corrected chi connectivity index (χ4v) is 2.98. The number of aromatic hydroxyl groups is 1. The molecule has 124 valence electrons. The molecule has 0 fully saturated rings. The van der Waals surface area contributed by atoms with E-state index in [1.165, 1.54) is 6.07 Å². The van der Waals surface area contributed by atoms with Crippen LogP contribution < -0.4 is 5.01 Å². The van der Waals surface area contributed by atoms with Crippen molar-refractivity contribution >= 4 is 11.4 Å². The van der Waals surface area contributed by atoms with Gasteiger partial charge in [-0.25, -0.2) is 4.39 Å². The molecule has 0 aromatic heterocycles. The molecule has 2 atom stereocenters. The number of hydrazone groups is 1. The summed E-state index contributed by atoms with van der Waals surface area (Å²) < 4.78 is 14.4. The molecule has 0 saturated carbocycles. The van der Waals surface area contributed by atoms with Crippen LogP contribution in [0.4, 0.5) is 10.1 Å². The summed E-state index contributed by atoms with van der Waals surface area (Å²) in [6, 6.07) is 14.6. The van der Waals surface area contributed by atoms with Gasteiger partial charge in [-0.2, -0.15) is 15.6 Å². The van der Waals surface area contributed by atoms with Gasteiger partial charge in [-0.3, -0.25) is 5.01 Å². The summed E-state index contributed by atoms with van der Waals surface area (Å²) in [7, 11) is 0. The summed E-state index contributed by atoms with van der Waals surface area (Å²) in [6.07, 6.45) is 0.229. The number of hydrogen-bond acceptors (Lipinski definition) is 5. The van der Waals surface area contributed by atoms with Crippen molar-refractivity contribution in [2.75, 3.05) is 5.01 Å². The molecule has 0 spiro atoms. The lowest BCUT2D eigenvalue weighted by atomic mass is 9.90. The predicted octanol–water partition coefficient (Wildman–Crippen LogP) is 3.55. The second-order valence-corrected chi connectivity index (χ2v) is 5.87. The molecular formula is C19H15FN4O. The van der Waals surface area contributed by atoms with Crippen LogP contribution >= 0.6 is 0 Å². The highest BCUT2D eigenvalue weighted by Gasteiger charge is 2.36. The molecule has 6 heteroatoms. The first-order valence-corrected chi connectivity index (χ1v) is 7.79. The van der Waals surface area contributed by atoms with Gasteiger partial charge in [-0.1, -0.05) is 6.92 Å². The van der Waals surface area contributed by atoms with E-state index in [0.29, 0.717) is 17.0 Å². The Morgan fingerprint density at radius 2 is 1.92 bits per heavy atom. The second kappa shape index (κ2) is 6.62. The minimum Gasteiger partial charge on any atom is -0.508 e. The van der Waals surface area contributed by atoms with Crippen LogP contribution in [0.1, 0.15) is 24.5 Å². The minimum absolute atomic E-state index is 0.134. The molecule has 1 aliphatic heterocycles. The standard InChI is InChI=1S/C19H15FN4O/c1-12-18(8-9-21)24(14-3-5-15(25)6-4-14)23-19(12)16-7-2-13(11-22)10-17(16)20/h2-7,10,12,18,25H,8H2,1H3/t12-,18-/m0/s1. The molecule has 0 bridgehead atoms. The molecule has 0 unspecified atom stereocenters. The first-order chi connectivity index (χ1) is 12.0. The Labute approximate surface area is 144 Å². The van der Waals surface area contributed by atoms with Crippen molar-refractivity contribution in [1.82, 2.24) is 0 Å². The summed E-state index contributed by atoms with van der Waals surface area (Å²) in [5, 5.41) is 33.7. The smallest absolute Gasteiger partial charge is 0.133 e. The normalized spacial score (nSPS) is 19.2. The zero-order valence-electron chi connectivity index (χ0n) is 13.5. The van der Waals surface area contributed by atoms with Gasteiger partial charge >= 0.3 is 0 Å². The molecule has 5 nitrogen and oxygen atoms in total. The lowest BCUT2D eigenvalue weighted by Crippen LogP contribution is -2.31. The number of phenolic OH excluding ortho intramolecular Hbond substituents is 1. The lowest BCUT2D eigenvalue weighted by Gasteiger charge is -2.24. The molecule has 0 saturated heterocycles. The van der Waals surface area contributed by atoms with Gasteiger partial charge in [0.2, 0.25) is 0 Å². The Bertz CT molecular complexity index is 909. The van der Waals surface area contributed by atoms with Gasteiger partial charge in [0.15, 0.2) is 0 Å². The molecule has 0 aliphatic carbocycles. The van der Waals surface area contributed by atoms with Crippen molar-refractivity contribution in [3.8, 4) is 17.9 Å². The predicted molar refractivity (Wildman–Crippen MR) is 91.4 cm³/mol. The molecule has 25 heavy (non-hydrogen) atoms. The second-order valence-electron chi connectivity index (χ2n) is 5.87. The summed E-state index contributed by atoms with van der Waals surface area (Å²) in [6.45, 7) is 1.90. The highest BCUT2D eigenvalue weighted by molar-refractivity contribution is 6.05. The Balaban J connectivity index is 2.05. The van der Waals surface area contributed by atoms with Crippen molar-refractivity contribution in [3.63, 3.8) is 0 Å². The lowest BCUT2D eigenvalue weighted by molar-refractivity contribution is 0.475. The summed E-state index contributed by atoms with van der Waals surface area (Å²) in [5.41, 5.74) is 1.83. The Morgan fingerprint density at radius 3 is 2.52 bits per heavy atom. The summed E-state index contributed by atoms with van der Waals surface area (Å²) in [5.74, 6) is -0.543. The van der Waals surface area contributed by atoms with Crippen LogP contribution in [0.2, 0.25) is 0 Å². The van der Waals surface area contributed by atoms with Crippen LogP contribution in [0.3, 0.4) is 0 Å². The van der Waals surface area contributed by atoms with Gasteiger partial charge in [0.05, 0.1) is 41.6 Å². The quantitative estimate of drug-likeness (QED) is 0.930. The van der Waals surface area contributed by atoms with Crippen molar-refractivity contribution in [2.24, 2.45) is 11.0 Å². The first kappa shape index (κ1) is 16.5. The average molecular weight is 334 g/mol. The monoisotopic (exact) mass is 334 g/mol. The third-order valence-corrected chi connectivity index (χ3v) is 4.33. The van der Waals surface area contributed by atoms with E-state index < -0.39 is 5.82 Å². The molecule has 2 aromatic carbocycles. The number of phenols is 1. The molecule has 3 rings (SSSR count). The molecule has 2 aromatic rings. The molecule has 1 N–H and O–H groups in total. The number of rotatable bonds is 3. The van der Waals surface area contributed by atoms with Crippen LogP contribution in [-0.4, -0.2) is 16.9 Å². The molecule has 0 amide bonds. The Hall–Kier alpha value is -3.38. The number of halogens is 1. The van der Waals surface area contributed by atoms with Gasteiger partial charge in [0.25, 0.3) is 0 Å². The van der Waals surface area contributed by atoms with Crippen molar-refractivity contribution in [2.45, 2.75) is 19.4 Å². The maximum absolute atomic E-state index is 14.4. The van der Waals surface area contributed by atoms with E-state index in [0.717, 1.165) is 0 Å². The van der Waals surface area contributed by atoms with Crippen molar-refractivity contribution in [1.29, 1.82) is 10.5 Å². The van der Waals surface area contributed by atoms with Gasteiger partial charge in [-0.15, -0.1) is 0 Å². The number of nitrogens with zero attached hydrogens (tertiary/aromatic N) is 4.